The lowest BCUT2D eigenvalue weighted by molar-refractivity contribution is -0.144. The van der Waals surface area contributed by atoms with Gasteiger partial charge in [0.2, 0.25) is 23.6 Å². The van der Waals surface area contributed by atoms with Gasteiger partial charge in [0, 0.05) is 74.7 Å². The van der Waals surface area contributed by atoms with Crippen LogP contribution in [0.1, 0.15) is 64.6 Å². The molecule has 0 spiro atoms. The number of hydrogen-bond donors (Lipinski definition) is 4. The monoisotopic (exact) mass is 1000 g/mol. The van der Waals surface area contributed by atoms with Crippen LogP contribution in [0.2, 0.25) is 0 Å². The normalized spacial score (nSPS) is 17.8. The van der Waals surface area contributed by atoms with Crippen LogP contribution < -0.4 is 20.1 Å². The number of likely N-dealkylation sites (tertiary alicyclic amines) is 1. The summed E-state index contributed by atoms with van der Waals surface area (Å²) in [6.07, 6.45) is -0.248. The van der Waals surface area contributed by atoms with Crippen molar-refractivity contribution in [2.75, 3.05) is 39.3 Å². The van der Waals surface area contributed by atoms with Crippen LogP contribution in [0.25, 0.3) is 31.0 Å². The number of carbonyl (C=O) groups excluding carboxylic acids is 4. The molecule has 0 saturated carbocycles. The molecule has 4 heterocycles. The fourth-order valence-corrected chi connectivity index (χ4v) is 11.1. The summed E-state index contributed by atoms with van der Waals surface area (Å²) in [7, 11) is 0. The highest BCUT2D eigenvalue weighted by atomic mass is 32.1. The van der Waals surface area contributed by atoms with Gasteiger partial charge in [0.25, 0.3) is 0 Å². The number of aliphatic hydroxyl groups excluding tert-OH is 1. The molecule has 0 bridgehead atoms. The molecular formula is C54H61FN6O8S2. The summed E-state index contributed by atoms with van der Waals surface area (Å²) < 4.78 is 27.1. The molecule has 374 valence electrons. The number of carbonyl (C=O) groups is 4. The van der Waals surface area contributed by atoms with E-state index in [0.29, 0.717) is 56.5 Å². The van der Waals surface area contributed by atoms with Gasteiger partial charge in [-0.25, -0.2) is 9.37 Å². The van der Waals surface area contributed by atoms with Crippen molar-refractivity contribution in [1.82, 2.24) is 30.3 Å². The number of nitrogens with one attached hydrogen (secondary N) is 2. The maximum atomic E-state index is 14.1. The first-order valence-corrected chi connectivity index (χ1v) is 25.7. The zero-order valence-electron chi connectivity index (χ0n) is 40.7. The quantitative estimate of drug-likeness (QED) is 0.0694. The van der Waals surface area contributed by atoms with Gasteiger partial charge in [-0.3, -0.25) is 24.1 Å². The molecule has 0 radical (unpaired) electrons. The first kappa shape index (κ1) is 51.0. The second-order valence-electron chi connectivity index (χ2n) is 19.4. The number of phenolic OH excluding ortho intramolecular Hbond substituents is 1. The number of piperazine rings is 1. The fraction of sp³-hybridized carbons (Fsp3) is 0.389. The minimum Gasteiger partial charge on any atom is -0.508 e. The van der Waals surface area contributed by atoms with E-state index in [-0.39, 0.29) is 67.7 Å². The van der Waals surface area contributed by atoms with Crippen molar-refractivity contribution in [3.8, 4) is 43.9 Å². The van der Waals surface area contributed by atoms with E-state index in [2.05, 4.69) is 27.4 Å². The number of aromatic nitrogens is 1. The summed E-state index contributed by atoms with van der Waals surface area (Å²) in [6.45, 7) is 12.7. The molecule has 2 aromatic heterocycles. The number of aryl methyl sites for hydroxylation is 1. The van der Waals surface area contributed by atoms with Crippen molar-refractivity contribution < 1.29 is 43.3 Å². The van der Waals surface area contributed by atoms with E-state index >= 15 is 0 Å². The topological polar surface area (TPSA) is 174 Å². The molecule has 8 rings (SSSR count). The molecule has 14 nitrogen and oxygen atoms in total. The Kier molecular flexibility index (Phi) is 16.0. The predicted octanol–water partition coefficient (Wildman–Crippen LogP) is 8.53. The van der Waals surface area contributed by atoms with E-state index in [1.54, 1.807) is 35.6 Å². The lowest BCUT2D eigenvalue weighted by Crippen LogP contribution is -2.57. The van der Waals surface area contributed by atoms with Crippen molar-refractivity contribution in [2.24, 2.45) is 5.41 Å². The number of thiophene rings is 1. The molecule has 4 atom stereocenters. The van der Waals surface area contributed by atoms with Crippen LogP contribution in [-0.2, 0) is 25.7 Å². The number of nitrogens with zero attached hydrogens (tertiary/aromatic N) is 4. The molecule has 71 heavy (non-hydrogen) atoms. The third kappa shape index (κ3) is 12.6. The van der Waals surface area contributed by atoms with Crippen LogP contribution in [0, 0.1) is 18.2 Å². The van der Waals surface area contributed by atoms with Crippen molar-refractivity contribution >= 4 is 56.4 Å². The van der Waals surface area contributed by atoms with E-state index in [1.807, 2.05) is 92.7 Å². The number of phenols is 1. The lowest BCUT2D eigenvalue weighted by Gasteiger charge is -2.39. The molecule has 2 fully saturated rings. The summed E-state index contributed by atoms with van der Waals surface area (Å²) in [5.41, 5.74) is 4.80. The molecule has 2 aliphatic rings. The van der Waals surface area contributed by atoms with Gasteiger partial charge in [-0.2, -0.15) is 0 Å². The van der Waals surface area contributed by atoms with E-state index < -0.39 is 29.5 Å². The van der Waals surface area contributed by atoms with Gasteiger partial charge in [-0.15, -0.1) is 22.7 Å². The average molecular weight is 1010 g/mol. The summed E-state index contributed by atoms with van der Waals surface area (Å²) in [4.78, 5) is 66.0. The van der Waals surface area contributed by atoms with E-state index in [1.165, 1.54) is 28.4 Å². The number of halogens is 1. The summed E-state index contributed by atoms with van der Waals surface area (Å²) >= 11 is 3.03. The van der Waals surface area contributed by atoms with Gasteiger partial charge >= 0.3 is 0 Å². The fourth-order valence-electron chi connectivity index (χ4n) is 9.08. The number of aliphatic hydroxyl groups is 1. The van der Waals surface area contributed by atoms with Gasteiger partial charge in [0.1, 0.15) is 41.8 Å². The Morgan fingerprint density at radius 1 is 0.901 bits per heavy atom. The van der Waals surface area contributed by atoms with E-state index in [9.17, 15) is 33.8 Å². The van der Waals surface area contributed by atoms with E-state index in [0.717, 1.165) is 42.2 Å². The number of ether oxygens (including phenoxy) is 2. The number of benzene rings is 4. The maximum absolute atomic E-state index is 14.1. The first-order valence-electron chi connectivity index (χ1n) is 24.0. The zero-order chi connectivity index (χ0) is 50.4. The van der Waals surface area contributed by atoms with Crippen LogP contribution in [0.5, 0.6) is 23.0 Å². The largest absolute Gasteiger partial charge is 0.508 e. The Bertz CT molecular complexity index is 2830. The maximum Gasteiger partial charge on any atom is 0.246 e. The van der Waals surface area contributed by atoms with Crippen molar-refractivity contribution in [3.63, 3.8) is 0 Å². The average Bonchev–Trinajstić information content (AvgIpc) is 4.06. The highest BCUT2D eigenvalue weighted by Gasteiger charge is 2.44. The number of thiazole rings is 1. The molecule has 0 aliphatic carbocycles. The van der Waals surface area contributed by atoms with Crippen molar-refractivity contribution in [2.45, 2.75) is 91.1 Å². The van der Waals surface area contributed by atoms with E-state index in [4.69, 9.17) is 9.47 Å². The van der Waals surface area contributed by atoms with Gasteiger partial charge < -0.3 is 40.1 Å². The minimum absolute atomic E-state index is 0.0219. The van der Waals surface area contributed by atoms with Gasteiger partial charge in [0.15, 0.2) is 5.75 Å². The Morgan fingerprint density at radius 3 is 2.30 bits per heavy atom. The van der Waals surface area contributed by atoms with Gasteiger partial charge in [0.05, 0.1) is 27.1 Å². The van der Waals surface area contributed by atoms with Crippen molar-refractivity contribution in [3.05, 3.63) is 114 Å². The number of aromatic hydroxyl groups is 1. The Hall–Kier alpha value is -6.40. The summed E-state index contributed by atoms with van der Waals surface area (Å²) in [6, 6.07) is 24.8. The second-order valence-corrected chi connectivity index (χ2v) is 21.3. The van der Waals surface area contributed by atoms with Crippen LogP contribution in [0.4, 0.5) is 4.39 Å². The Balaban J connectivity index is 0.760. The molecule has 4 aromatic carbocycles. The number of rotatable bonds is 17. The lowest BCUT2D eigenvalue weighted by atomic mass is 9.85. The SMILES string of the molecule is Cc1ncsc1-c1ccc(CNC(=O)[C@@H]2C[C@@H](O)CN2C(=O)[C@@H](NC(=O)CCCC(=O)N2CCN(CCOc3ccc(Oc4c(-c5ccc(F)cc5)sc5cc(O)ccc45)cc3)[C@@H](C)C2)C(C)(C)C)cc1. The molecule has 2 aliphatic heterocycles. The number of amides is 4. The minimum atomic E-state index is -0.959. The number of β-amino-alcohol motifs (C(OH)–C–C–N with tert-alkyl or cyclic N) is 1. The zero-order valence-corrected chi connectivity index (χ0v) is 42.3. The molecule has 17 heteroatoms. The highest BCUT2D eigenvalue weighted by molar-refractivity contribution is 7.22. The Labute approximate surface area is 421 Å². The predicted molar refractivity (Wildman–Crippen MR) is 274 cm³/mol. The van der Waals surface area contributed by atoms with Crippen molar-refractivity contribution in [1.29, 1.82) is 0 Å². The van der Waals surface area contributed by atoms with Crippen LogP contribution in [0.3, 0.4) is 0 Å². The third-order valence-corrected chi connectivity index (χ3v) is 15.2. The number of hydrogen-bond acceptors (Lipinski definition) is 12. The molecule has 0 unspecified atom stereocenters. The summed E-state index contributed by atoms with van der Waals surface area (Å²) in [5, 5.41) is 27.4. The smallest absolute Gasteiger partial charge is 0.246 e. The Morgan fingerprint density at radius 2 is 1.61 bits per heavy atom. The van der Waals surface area contributed by atoms with Crippen LogP contribution >= 0.6 is 22.7 Å². The molecule has 4 N–H and O–H groups in total. The number of fused-ring (bicyclic) bond motifs is 1. The third-order valence-electron chi connectivity index (χ3n) is 13.0. The molecule has 4 amide bonds. The van der Waals surface area contributed by atoms with Gasteiger partial charge in [-0.1, -0.05) is 57.2 Å². The molecule has 6 aromatic rings. The van der Waals surface area contributed by atoms with Crippen LogP contribution in [-0.4, -0.2) is 117 Å². The molecule has 2 saturated heterocycles. The first-order chi connectivity index (χ1) is 34.0. The summed E-state index contributed by atoms with van der Waals surface area (Å²) in [5.74, 6) is 0.517. The highest BCUT2D eigenvalue weighted by Crippen LogP contribution is 2.47. The molecular weight excluding hydrogens is 944 g/mol. The standard InChI is InChI=1S/C54H61FN6O8S2/c1-33-30-60(24-23-59(33)25-26-68-41-18-20-42(21-19-41)69-48-43-22-17-39(62)28-45(43)71-50(48)37-13-15-38(55)16-14-37)47(65)8-6-7-46(64)58-51(54(3,4)5)53(67)61-31-40(63)27-44(61)52(66)56-29-35-9-11-36(12-10-35)49-34(2)57-32-70-49/h9-22,28,32-33,40,44,51,62-63H,6-8,23-27,29-31H2,1-5H3,(H,56,66)(H,58,64)/t33-,40+,44-,51+/m0/s1. The second kappa shape index (κ2) is 22.4. The van der Waals surface area contributed by atoms with Crippen LogP contribution in [0.15, 0.2) is 96.5 Å². The van der Waals surface area contributed by atoms with Gasteiger partial charge in [-0.05, 0) is 97.0 Å².